The van der Waals surface area contributed by atoms with Crippen LogP contribution in [0.3, 0.4) is 0 Å². The molecular formula is C19H28ClN3O. The third-order valence-corrected chi connectivity index (χ3v) is 5.90. The fourth-order valence-electron chi connectivity index (χ4n) is 3.86. The van der Waals surface area contributed by atoms with E-state index in [1.807, 2.05) is 12.1 Å². The highest BCUT2D eigenvalue weighted by molar-refractivity contribution is 6.30. The summed E-state index contributed by atoms with van der Waals surface area (Å²) >= 11 is 6.15. The first-order valence-corrected chi connectivity index (χ1v) is 9.33. The highest BCUT2D eigenvalue weighted by Crippen LogP contribution is 2.27. The Labute approximate surface area is 150 Å². The molecule has 1 aromatic rings. The van der Waals surface area contributed by atoms with Crippen molar-refractivity contribution in [1.29, 1.82) is 0 Å². The van der Waals surface area contributed by atoms with E-state index in [2.05, 4.69) is 41.7 Å². The van der Waals surface area contributed by atoms with Gasteiger partial charge in [-0.1, -0.05) is 17.7 Å². The van der Waals surface area contributed by atoms with Gasteiger partial charge in [0.15, 0.2) is 0 Å². The van der Waals surface area contributed by atoms with Crippen LogP contribution in [-0.4, -0.2) is 61.5 Å². The zero-order chi connectivity index (χ0) is 17.3. The number of hydrogen-bond donors (Lipinski definition) is 0. The molecule has 24 heavy (non-hydrogen) atoms. The van der Waals surface area contributed by atoms with E-state index in [1.165, 1.54) is 11.3 Å². The van der Waals surface area contributed by atoms with Gasteiger partial charge >= 0.3 is 0 Å². The Morgan fingerprint density at radius 2 is 1.88 bits per heavy atom. The maximum absolute atomic E-state index is 12.8. The third-order valence-electron chi connectivity index (χ3n) is 5.66. The topological polar surface area (TPSA) is 26.8 Å². The Hall–Kier alpha value is -1.26. The van der Waals surface area contributed by atoms with Crippen molar-refractivity contribution in [2.45, 2.75) is 32.7 Å². The van der Waals surface area contributed by atoms with Crippen molar-refractivity contribution in [3.63, 3.8) is 0 Å². The van der Waals surface area contributed by atoms with E-state index in [0.717, 1.165) is 50.6 Å². The van der Waals surface area contributed by atoms with E-state index in [0.29, 0.717) is 11.9 Å². The molecule has 1 aromatic carbocycles. The summed E-state index contributed by atoms with van der Waals surface area (Å²) in [5.74, 6) is 0.563. The fraction of sp³-hybridized carbons (Fsp3) is 0.632. The minimum atomic E-state index is 0.204. The molecule has 0 saturated carbocycles. The van der Waals surface area contributed by atoms with Gasteiger partial charge in [-0.25, -0.2) is 0 Å². The van der Waals surface area contributed by atoms with Crippen LogP contribution in [0.2, 0.25) is 5.02 Å². The number of carbonyl (C=O) groups is 1. The predicted molar refractivity (Wildman–Crippen MR) is 99.8 cm³/mol. The van der Waals surface area contributed by atoms with Crippen LogP contribution in [0.15, 0.2) is 18.2 Å². The largest absolute Gasteiger partial charge is 0.368 e. The number of benzene rings is 1. The molecule has 0 aliphatic carbocycles. The number of nitrogens with zero attached hydrogens (tertiary/aromatic N) is 3. The van der Waals surface area contributed by atoms with Crippen LogP contribution in [0, 0.1) is 12.8 Å². The number of aryl methyl sites for hydroxylation is 1. The van der Waals surface area contributed by atoms with Gasteiger partial charge in [0, 0.05) is 48.8 Å². The lowest BCUT2D eigenvalue weighted by atomic mass is 9.90. The third kappa shape index (κ3) is 3.70. The first kappa shape index (κ1) is 17.6. The zero-order valence-corrected chi connectivity index (χ0v) is 15.7. The number of piperidine rings is 1. The number of anilines is 1. The number of halogens is 1. The maximum Gasteiger partial charge on any atom is 0.225 e. The molecular weight excluding hydrogens is 322 g/mol. The van der Waals surface area contributed by atoms with Gasteiger partial charge < -0.3 is 14.7 Å². The molecule has 2 atom stereocenters. The SMILES string of the molecule is Cc1ccc(Cl)cc1N1CCN(C(=O)[C@@H]2CCN(C)[C@H](C)C2)CC1. The number of amides is 1. The highest BCUT2D eigenvalue weighted by Gasteiger charge is 2.32. The highest BCUT2D eigenvalue weighted by atomic mass is 35.5. The van der Waals surface area contributed by atoms with Gasteiger partial charge in [-0.3, -0.25) is 4.79 Å². The van der Waals surface area contributed by atoms with Gasteiger partial charge in [-0.2, -0.15) is 0 Å². The second-order valence-electron chi connectivity index (χ2n) is 7.29. The molecule has 0 spiro atoms. The molecule has 2 saturated heterocycles. The molecule has 0 bridgehead atoms. The van der Waals surface area contributed by atoms with Crippen LogP contribution in [0.4, 0.5) is 5.69 Å². The van der Waals surface area contributed by atoms with Crippen LogP contribution in [0.25, 0.3) is 0 Å². The molecule has 0 radical (unpaired) electrons. The lowest BCUT2D eigenvalue weighted by molar-refractivity contribution is -0.137. The first-order valence-electron chi connectivity index (χ1n) is 8.96. The second-order valence-corrected chi connectivity index (χ2v) is 7.73. The van der Waals surface area contributed by atoms with E-state index in [4.69, 9.17) is 11.6 Å². The maximum atomic E-state index is 12.8. The van der Waals surface area contributed by atoms with Crippen LogP contribution in [0.1, 0.15) is 25.3 Å². The van der Waals surface area contributed by atoms with Crippen LogP contribution >= 0.6 is 11.6 Å². The van der Waals surface area contributed by atoms with Crippen molar-refractivity contribution in [2.75, 3.05) is 44.7 Å². The lowest BCUT2D eigenvalue weighted by Gasteiger charge is -2.40. The molecule has 132 valence electrons. The zero-order valence-electron chi connectivity index (χ0n) is 15.0. The number of rotatable bonds is 2. The summed E-state index contributed by atoms with van der Waals surface area (Å²) in [6, 6.07) is 6.53. The Balaban J connectivity index is 1.59. The predicted octanol–water partition coefficient (Wildman–Crippen LogP) is 3.03. The Bertz CT molecular complexity index is 598. The molecule has 2 aliphatic rings. The summed E-state index contributed by atoms with van der Waals surface area (Å²) in [5.41, 5.74) is 2.44. The lowest BCUT2D eigenvalue weighted by Crippen LogP contribution is -2.52. The van der Waals surface area contributed by atoms with Gasteiger partial charge in [0.25, 0.3) is 0 Å². The summed E-state index contributed by atoms with van der Waals surface area (Å²) in [7, 11) is 2.15. The standard InChI is InChI=1S/C19H28ClN3O/c1-14-4-5-17(20)13-18(14)22-8-10-23(11-9-22)19(24)16-6-7-21(3)15(2)12-16/h4-5,13,15-16H,6-12H2,1-3H3/t15-,16-/m1/s1. The second kappa shape index (κ2) is 7.32. The van der Waals surface area contributed by atoms with E-state index >= 15 is 0 Å². The van der Waals surface area contributed by atoms with Crippen molar-refractivity contribution >= 4 is 23.2 Å². The molecule has 0 aromatic heterocycles. The van der Waals surface area contributed by atoms with E-state index in [-0.39, 0.29) is 5.92 Å². The van der Waals surface area contributed by atoms with Crippen molar-refractivity contribution < 1.29 is 4.79 Å². The Morgan fingerprint density at radius 1 is 1.17 bits per heavy atom. The van der Waals surface area contributed by atoms with Gasteiger partial charge in [0.2, 0.25) is 5.91 Å². The number of carbonyl (C=O) groups excluding carboxylic acids is 1. The van der Waals surface area contributed by atoms with Crippen molar-refractivity contribution in [3.05, 3.63) is 28.8 Å². The van der Waals surface area contributed by atoms with Crippen molar-refractivity contribution in [2.24, 2.45) is 5.92 Å². The van der Waals surface area contributed by atoms with Gasteiger partial charge in [-0.15, -0.1) is 0 Å². The van der Waals surface area contributed by atoms with Crippen LogP contribution in [0.5, 0.6) is 0 Å². The van der Waals surface area contributed by atoms with Crippen LogP contribution in [-0.2, 0) is 4.79 Å². The quantitative estimate of drug-likeness (QED) is 0.821. The monoisotopic (exact) mass is 349 g/mol. The molecule has 2 heterocycles. The van der Waals surface area contributed by atoms with E-state index < -0.39 is 0 Å². The Kier molecular flexibility index (Phi) is 5.36. The summed E-state index contributed by atoms with van der Waals surface area (Å²) < 4.78 is 0. The number of likely N-dealkylation sites (tertiary alicyclic amines) is 1. The van der Waals surface area contributed by atoms with Crippen LogP contribution < -0.4 is 4.90 Å². The molecule has 5 heteroatoms. The normalized spacial score (nSPS) is 25.8. The molecule has 0 unspecified atom stereocenters. The summed E-state index contributed by atoms with van der Waals surface area (Å²) in [4.78, 5) is 19.6. The minimum absolute atomic E-state index is 0.204. The van der Waals surface area contributed by atoms with E-state index in [1.54, 1.807) is 0 Å². The first-order chi connectivity index (χ1) is 11.5. The van der Waals surface area contributed by atoms with Gasteiger partial charge in [0.05, 0.1) is 0 Å². The van der Waals surface area contributed by atoms with Gasteiger partial charge in [-0.05, 0) is 58.0 Å². The number of hydrogen-bond acceptors (Lipinski definition) is 3. The molecule has 1 amide bonds. The fourth-order valence-corrected chi connectivity index (χ4v) is 4.03. The average molecular weight is 350 g/mol. The molecule has 4 nitrogen and oxygen atoms in total. The summed E-state index contributed by atoms with van der Waals surface area (Å²) in [5, 5.41) is 0.773. The minimum Gasteiger partial charge on any atom is -0.368 e. The van der Waals surface area contributed by atoms with Crippen molar-refractivity contribution in [3.8, 4) is 0 Å². The molecule has 0 N–H and O–H groups in total. The van der Waals surface area contributed by atoms with Crippen molar-refractivity contribution in [1.82, 2.24) is 9.80 Å². The number of piperazine rings is 1. The average Bonchev–Trinajstić information content (AvgIpc) is 2.59. The van der Waals surface area contributed by atoms with E-state index in [9.17, 15) is 4.79 Å². The van der Waals surface area contributed by atoms with Gasteiger partial charge in [0.1, 0.15) is 0 Å². The smallest absolute Gasteiger partial charge is 0.225 e. The molecule has 3 rings (SSSR count). The molecule has 2 aliphatic heterocycles. The Morgan fingerprint density at radius 3 is 2.54 bits per heavy atom. The summed E-state index contributed by atoms with van der Waals surface area (Å²) in [6.07, 6.45) is 1.98. The summed E-state index contributed by atoms with van der Waals surface area (Å²) in [6.45, 7) is 8.75. The molecule has 2 fully saturated rings.